The fourth-order valence-electron chi connectivity index (χ4n) is 15.5. The van der Waals surface area contributed by atoms with Crippen molar-refractivity contribution in [2.75, 3.05) is 9.80 Å². The van der Waals surface area contributed by atoms with Crippen LogP contribution >= 0.6 is 0 Å². The smallest absolute Gasteiger partial charge is 0.252 e. The Labute approximate surface area is 536 Å². The summed E-state index contributed by atoms with van der Waals surface area (Å²) in [6.07, 6.45) is 2.97. The lowest BCUT2D eigenvalue weighted by Gasteiger charge is -2.46. The molecule has 92 heavy (non-hydrogen) atoms. The van der Waals surface area contributed by atoms with Crippen molar-refractivity contribution in [3.63, 3.8) is 0 Å². The molecule has 13 aromatic carbocycles. The number of aryl methyl sites for hydroxylation is 1. The molecule has 0 atom stereocenters. The van der Waals surface area contributed by atoms with Gasteiger partial charge in [-0.1, -0.05) is 228 Å². The molecule has 0 radical (unpaired) electrons. The van der Waals surface area contributed by atoms with E-state index in [2.05, 4.69) is 332 Å². The van der Waals surface area contributed by atoms with Crippen molar-refractivity contribution < 1.29 is 4.42 Å². The Morgan fingerprint density at radius 3 is 1.30 bits per heavy atom. The van der Waals surface area contributed by atoms with Crippen LogP contribution in [0.5, 0.6) is 0 Å². The van der Waals surface area contributed by atoms with E-state index in [9.17, 15) is 0 Å². The molecular weight excluding hydrogens is 1120 g/mol. The van der Waals surface area contributed by atoms with E-state index in [1.54, 1.807) is 0 Å². The van der Waals surface area contributed by atoms with E-state index in [0.29, 0.717) is 0 Å². The van der Waals surface area contributed by atoms with Gasteiger partial charge in [-0.15, -0.1) is 0 Å². The average molecular weight is 1180 g/mol. The Bertz CT molecular complexity index is 5470. The van der Waals surface area contributed by atoms with Crippen LogP contribution in [-0.2, 0) is 11.8 Å². The maximum atomic E-state index is 6.82. The second kappa shape index (κ2) is 21.0. The summed E-state index contributed by atoms with van der Waals surface area (Å²) in [7, 11) is 0. The molecule has 0 spiro atoms. The maximum absolute atomic E-state index is 6.82. The molecular formula is C86H65BN4O. The quantitative estimate of drug-likeness (QED) is 0.128. The lowest BCUT2D eigenvalue weighted by molar-refractivity contribution is 0.590. The summed E-state index contributed by atoms with van der Waals surface area (Å²) in [5.74, 6) is 0. The number of fused-ring (bicyclic) bond motifs is 13. The third kappa shape index (κ3) is 8.33. The van der Waals surface area contributed by atoms with Crippen molar-refractivity contribution in [3.05, 3.63) is 296 Å². The first-order valence-electron chi connectivity index (χ1n) is 32.6. The van der Waals surface area contributed by atoms with Crippen LogP contribution in [0.1, 0.15) is 51.7 Å². The highest BCUT2D eigenvalue weighted by molar-refractivity contribution is 7.00. The van der Waals surface area contributed by atoms with Crippen LogP contribution in [-0.4, -0.2) is 15.8 Å². The van der Waals surface area contributed by atoms with Gasteiger partial charge in [0.1, 0.15) is 11.2 Å². The molecule has 0 aliphatic carbocycles. The van der Waals surface area contributed by atoms with Crippen LogP contribution in [0.15, 0.2) is 290 Å². The average Bonchev–Trinajstić information content (AvgIpc) is 0.879. The molecule has 16 aromatic rings. The Kier molecular flexibility index (Phi) is 12.3. The summed E-state index contributed by atoms with van der Waals surface area (Å²) in [6.45, 7) is 9.28. The minimum atomic E-state index is -0.286. The maximum Gasteiger partial charge on any atom is 0.252 e. The van der Waals surface area contributed by atoms with Gasteiger partial charge >= 0.3 is 0 Å². The number of furan rings is 1. The Hall–Kier alpha value is -11.1. The number of para-hydroxylation sites is 5. The molecule has 6 heteroatoms. The summed E-state index contributed by atoms with van der Waals surface area (Å²) < 4.78 is 11.8. The Balaban J connectivity index is 1.01. The SMILES string of the molecule is CCCCc1cc2oc3ccccc3c2cc1N1c2cc(-n3c4ccccc4c4ccccc43)ccc2B2c3ccc(-n4c5ccccc5c5ccccc54)cc3N(c3c(-c4ccccc4)cc(-c4ccccc4)cc3-c3ccccc3)c3cc(C(C)(C)C)cc1c32. The predicted octanol–water partition coefficient (Wildman–Crippen LogP) is 21.5. The van der Waals surface area contributed by atoms with E-state index in [1.165, 1.54) is 88.1 Å². The number of anilines is 6. The van der Waals surface area contributed by atoms with Crippen LogP contribution < -0.4 is 26.2 Å². The molecule has 5 heterocycles. The van der Waals surface area contributed by atoms with Crippen molar-refractivity contribution in [1.29, 1.82) is 0 Å². The van der Waals surface area contributed by atoms with Crippen LogP contribution in [0.4, 0.5) is 34.1 Å². The Morgan fingerprint density at radius 2 is 0.804 bits per heavy atom. The molecule has 438 valence electrons. The lowest BCUT2D eigenvalue weighted by Crippen LogP contribution is -2.61. The van der Waals surface area contributed by atoms with Crippen LogP contribution in [0.25, 0.3) is 110 Å². The van der Waals surface area contributed by atoms with Crippen molar-refractivity contribution >= 4 is 123 Å². The molecule has 0 bridgehead atoms. The van der Waals surface area contributed by atoms with Gasteiger partial charge in [-0.2, -0.15) is 0 Å². The van der Waals surface area contributed by atoms with E-state index in [0.717, 1.165) is 103 Å². The van der Waals surface area contributed by atoms with Gasteiger partial charge in [0.2, 0.25) is 0 Å². The molecule has 0 unspecified atom stereocenters. The molecule has 0 saturated heterocycles. The largest absolute Gasteiger partial charge is 0.456 e. The minimum absolute atomic E-state index is 0.188. The normalized spacial score (nSPS) is 12.8. The van der Waals surface area contributed by atoms with Gasteiger partial charge in [0.05, 0.1) is 33.4 Å². The van der Waals surface area contributed by atoms with E-state index in [1.807, 2.05) is 0 Å². The van der Waals surface area contributed by atoms with Gasteiger partial charge in [0, 0.05) is 77.6 Å². The number of unbranched alkanes of at least 4 members (excludes halogenated alkanes) is 1. The molecule has 3 aromatic heterocycles. The lowest BCUT2D eigenvalue weighted by atomic mass is 9.33. The summed E-state index contributed by atoms with van der Waals surface area (Å²) in [5.41, 5.74) is 28.6. The van der Waals surface area contributed by atoms with E-state index < -0.39 is 0 Å². The van der Waals surface area contributed by atoms with Crippen molar-refractivity contribution in [2.45, 2.75) is 52.4 Å². The molecule has 0 amide bonds. The van der Waals surface area contributed by atoms with E-state index in [-0.39, 0.29) is 12.1 Å². The topological polar surface area (TPSA) is 29.5 Å². The van der Waals surface area contributed by atoms with Crippen LogP contribution in [0, 0.1) is 0 Å². The number of aromatic nitrogens is 2. The second-order valence-corrected chi connectivity index (χ2v) is 26.2. The molecule has 2 aliphatic heterocycles. The molecule has 0 fully saturated rings. The highest BCUT2D eigenvalue weighted by Crippen LogP contribution is 2.54. The summed E-state index contributed by atoms with van der Waals surface area (Å²) in [6, 6.07) is 107. The first kappa shape index (κ1) is 53.9. The predicted molar refractivity (Wildman–Crippen MR) is 390 cm³/mol. The molecule has 18 rings (SSSR count). The highest BCUT2D eigenvalue weighted by Gasteiger charge is 2.46. The zero-order chi connectivity index (χ0) is 61.3. The first-order valence-corrected chi connectivity index (χ1v) is 32.6. The Morgan fingerprint density at radius 1 is 0.359 bits per heavy atom. The van der Waals surface area contributed by atoms with Crippen molar-refractivity contribution in [3.8, 4) is 44.8 Å². The number of nitrogens with zero attached hydrogens (tertiary/aromatic N) is 4. The second-order valence-electron chi connectivity index (χ2n) is 26.2. The third-order valence-corrected chi connectivity index (χ3v) is 19.8. The summed E-state index contributed by atoms with van der Waals surface area (Å²) in [4.78, 5) is 5.39. The number of hydrogen-bond donors (Lipinski definition) is 0. The van der Waals surface area contributed by atoms with Crippen LogP contribution in [0.3, 0.4) is 0 Å². The highest BCUT2D eigenvalue weighted by atomic mass is 16.3. The van der Waals surface area contributed by atoms with Gasteiger partial charge < -0.3 is 23.4 Å². The van der Waals surface area contributed by atoms with E-state index >= 15 is 0 Å². The zero-order valence-corrected chi connectivity index (χ0v) is 52.0. The van der Waals surface area contributed by atoms with Crippen LogP contribution in [0.2, 0.25) is 0 Å². The number of hydrogen-bond acceptors (Lipinski definition) is 3. The fourth-order valence-corrected chi connectivity index (χ4v) is 15.5. The summed E-state index contributed by atoms with van der Waals surface area (Å²) in [5, 5.41) is 7.17. The van der Waals surface area contributed by atoms with Gasteiger partial charge in [0.15, 0.2) is 0 Å². The number of rotatable bonds is 10. The molecule has 0 saturated carbocycles. The van der Waals surface area contributed by atoms with Gasteiger partial charge in [-0.05, 0) is 159 Å². The monoisotopic (exact) mass is 1180 g/mol. The molecule has 2 aliphatic rings. The van der Waals surface area contributed by atoms with Gasteiger partial charge in [0.25, 0.3) is 6.71 Å². The summed E-state index contributed by atoms with van der Waals surface area (Å²) >= 11 is 0. The molecule has 5 nitrogen and oxygen atoms in total. The van der Waals surface area contributed by atoms with Crippen molar-refractivity contribution in [1.82, 2.24) is 9.13 Å². The fraction of sp³-hybridized carbons (Fsp3) is 0.0930. The third-order valence-electron chi connectivity index (χ3n) is 19.8. The minimum Gasteiger partial charge on any atom is -0.456 e. The zero-order valence-electron chi connectivity index (χ0n) is 52.0. The number of benzene rings is 13. The van der Waals surface area contributed by atoms with Crippen molar-refractivity contribution in [2.24, 2.45) is 0 Å². The van der Waals surface area contributed by atoms with Gasteiger partial charge in [-0.3, -0.25) is 0 Å². The standard InChI is InChI=1S/C86H65BN4O/c1-5-6-26-58-49-83-70(67-37-20-25-42-82(67)92-83)54-77(58)90-78-52-61(88-73-38-21-16-33-63(73)64-34-17-22-39-74(64)88)43-45-71(78)87-72-46-44-62(89-75-40-23-18-35-65(75)66-36-19-24-41-76(66)89)53-79(72)91(81-51-60(86(2,3)4)50-80(90)84(81)87)85-68(56-29-12-8-13-30-56)47-59(55-27-10-7-11-28-55)48-69(85)57-31-14-9-15-32-57/h7-25,27-54H,5-6,26H2,1-4H3. The first-order chi connectivity index (χ1) is 45.3. The van der Waals surface area contributed by atoms with Gasteiger partial charge in [-0.25, -0.2) is 0 Å². The molecule has 0 N–H and O–H groups in total. The van der Waals surface area contributed by atoms with E-state index in [4.69, 9.17) is 4.42 Å².